The highest BCUT2D eigenvalue weighted by Gasteiger charge is 2.63. The van der Waals surface area contributed by atoms with Gasteiger partial charge in [0.05, 0.1) is 18.3 Å². The molecule has 6 rings (SSSR count). The number of anilines is 1. The normalized spacial score (nSPS) is 24.8. The predicted molar refractivity (Wildman–Crippen MR) is 108 cm³/mol. The van der Waals surface area contributed by atoms with Crippen molar-refractivity contribution in [2.45, 2.75) is 31.6 Å². The number of amides is 1. The predicted octanol–water partition coefficient (Wildman–Crippen LogP) is 4.29. The number of pyridine rings is 1. The van der Waals surface area contributed by atoms with Crippen LogP contribution >= 0.6 is 0 Å². The van der Waals surface area contributed by atoms with Crippen LogP contribution in [0, 0.1) is 24.6 Å². The maximum absolute atomic E-state index is 13.2. The molecule has 1 amide bonds. The van der Waals surface area contributed by atoms with E-state index >= 15 is 0 Å². The second-order valence-electron chi connectivity index (χ2n) is 8.10. The quantitative estimate of drug-likeness (QED) is 0.724. The van der Waals surface area contributed by atoms with Gasteiger partial charge in [-0.2, -0.15) is 0 Å². The minimum Gasteiger partial charge on any atom is -0.326 e. The fraction of sp³-hybridized carbons (Fsp3) is 0.304. The summed E-state index contributed by atoms with van der Waals surface area (Å²) < 4.78 is 13.2. The first-order chi connectivity index (χ1) is 14.1. The molecule has 2 heterocycles. The van der Waals surface area contributed by atoms with Crippen LogP contribution < -0.4 is 5.32 Å². The number of aromatic nitrogens is 3. The number of benzene rings is 1. The molecule has 3 atom stereocenters. The van der Waals surface area contributed by atoms with Crippen molar-refractivity contribution in [2.24, 2.45) is 11.8 Å². The van der Waals surface area contributed by atoms with Gasteiger partial charge in [-0.3, -0.25) is 9.78 Å². The van der Waals surface area contributed by atoms with Gasteiger partial charge in [0.1, 0.15) is 0 Å². The number of hydrogen-bond donors (Lipinski definition) is 1. The van der Waals surface area contributed by atoms with Crippen molar-refractivity contribution in [2.75, 3.05) is 5.32 Å². The molecule has 0 aliphatic heterocycles. The maximum atomic E-state index is 13.2. The van der Waals surface area contributed by atoms with Gasteiger partial charge in [-0.15, -0.1) is 0 Å². The second kappa shape index (κ2) is 6.72. The van der Waals surface area contributed by atoms with Crippen LogP contribution in [-0.4, -0.2) is 20.9 Å². The molecule has 3 aromatic rings. The Morgan fingerprint density at radius 2 is 2.00 bits per heavy atom. The number of carbonyl (C=O) groups is 1. The molecule has 2 bridgehead atoms. The van der Waals surface area contributed by atoms with Crippen molar-refractivity contribution in [1.82, 2.24) is 15.0 Å². The minimum absolute atomic E-state index is 0.0410. The van der Waals surface area contributed by atoms with Crippen molar-refractivity contribution in [3.05, 3.63) is 72.1 Å². The van der Waals surface area contributed by atoms with Crippen LogP contribution in [0.5, 0.6) is 0 Å². The van der Waals surface area contributed by atoms with Crippen LogP contribution in [0.2, 0.25) is 0 Å². The summed E-state index contributed by atoms with van der Waals surface area (Å²) in [5.74, 6) is 0.371. The Kier molecular flexibility index (Phi) is 4.15. The highest BCUT2D eigenvalue weighted by Crippen LogP contribution is 2.63. The highest BCUT2D eigenvalue weighted by molar-refractivity contribution is 5.95. The Morgan fingerprint density at radius 1 is 1.17 bits per heavy atom. The van der Waals surface area contributed by atoms with E-state index in [1.165, 1.54) is 0 Å². The standard InChI is InChI=1S/C23H21FN4O/c1-14-5-6-17(10-18(14)21-26-12-16(24)13-27-21)28-22(29)20-15-7-8-23(20,11-15)19-4-2-3-9-25-19/h2-6,9-10,12-13,15,20H,7-8,11H2,1H3,(H,28,29)/t15?,20-,23+/m1/s1. The van der Waals surface area contributed by atoms with Gasteiger partial charge in [-0.05, 0) is 61.9 Å². The van der Waals surface area contributed by atoms with Gasteiger partial charge in [-0.25, -0.2) is 14.4 Å². The number of nitrogens with zero attached hydrogens (tertiary/aromatic N) is 3. The lowest BCUT2D eigenvalue weighted by Gasteiger charge is -2.46. The zero-order chi connectivity index (χ0) is 20.0. The Hall–Kier alpha value is -3.15. The third kappa shape index (κ3) is 2.90. The van der Waals surface area contributed by atoms with E-state index in [1.54, 1.807) is 6.20 Å². The number of hydrogen-bond acceptors (Lipinski definition) is 4. The summed E-state index contributed by atoms with van der Waals surface area (Å²) in [4.78, 5) is 25.9. The Balaban J connectivity index is 1.40. The van der Waals surface area contributed by atoms with Crippen molar-refractivity contribution >= 4 is 11.6 Å². The fourth-order valence-corrected chi connectivity index (χ4v) is 5.10. The highest BCUT2D eigenvalue weighted by atomic mass is 19.1. The second-order valence-corrected chi connectivity index (χ2v) is 8.10. The molecule has 3 aliphatic rings. The Morgan fingerprint density at radius 3 is 2.72 bits per heavy atom. The van der Waals surface area contributed by atoms with Crippen molar-refractivity contribution in [1.29, 1.82) is 0 Å². The monoisotopic (exact) mass is 388 g/mol. The van der Waals surface area contributed by atoms with E-state index in [0.29, 0.717) is 17.4 Å². The summed E-state index contributed by atoms with van der Waals surface area (Å²) in [6.07, 6.45) is 7.21. The van der Waals surface area contributed by atoms with Gasteiger partial charge >= 0.3 is 0 Å². The first-order valence-electron chi connectivity index (χ1n) is 9.88. The van der Waals surface area contributed by atoms with E-state index in [1.807, 2.05) is 43.3 Å². The number of nitrogens with one attached hydrogen (secondary N) is 1. The van der Waals surface area contributed by atoms with Gasteiger partial charge in [0, 0.05) is 28.6 Å². The molecule has 6 heteroatoms. The van der Waals surface area contributed by atoms with Crippen LogP contribution in [0.25, 0.3) is 11.4 Å². The molecule has 3 fully saturated rings. The van der Waals surface area contributed by atoms with Gasteiger partial charge in [0.15, 0.2) is 11.6 Å². The van der Waals surface area contributed by atoms with E-state index in [-0.39, 0.29) is 17.2 Å². The third-order valence-electron chi connectivity index (χ3n) is 6.48. The van der Waals surface area contributed by atoms with Gasteiger partial charge in [-0.1, -0.05) is 12.1 Å². The zero-order valence-electron chi connectivity index (χ0n) is 16.1. The summed E-state index contributed by atoms with van der Waals surface area (Å²) in [5, 5.41) is 3.09. The van der Waals surface area contributed by atoms with Crippen LogP contribution in [0.3, 0.4) is 0 Å². The van der Waals surface area contributed by atoms with Crippen LogP contribution in [0.4, 0.5) is 10.1 Å². The van der Waals surface area contributed by atoms with Gasteiger partial charge < -0.3 is 5.32 Å². The number of rotatable bonds is 4. The van der Waals surface area contributed by atoms with E-state index in [9.17, 15) is 9.18 Å². The average molecular weight is 388 g/mol. The lowest BCUT2D eigenvalue weighted by Crippen LogP contribution is -2.50. The number of aryl methyl sites for hydroxylation is 1. The third-order valence-corrected chi connectivity index (χ3v) is 6.48. The van der Waals surface area contributed by atoms with Crippen molar-refractivity contribution in [3.8, 4) is 11.4 Å². The molecule has 146 valence electrons. The summed E-state index contributed by atoms with van der Waals surface area (Å²) in [6.45, 7) is 1.94. The largest absolute Gasteiger partial charge is 0.326 e. The van der Waals surface area contributed by atoms with Crippen LogP contribution in [0.1, 0.15) is 30.5 Å². The summed E-state index contributed by atoms with van der Waals surface area (Å²) in [7, 11) is 0. The van der Waals surface area contributed by atoms with Crippen LogP contribution in [-0.2, 0) is 10.2 Å². The SMILES string of the molecule is Cc1ccc(NC(=O)[C@H]2C3CC[C@@]2(c2ccccn2)C3)cc1-c1ncc(F)cn1. The molecule has 1 aromatic carbocycles. The molecule has 1 N–H and O–H groups in total. The minimum atomic E-state index is -0.476. The summed E-state index contributed by atoms with van der Waals surface area (Å²) in [5.41, 5.74) is 3.33. The van der Waals surface area contributed by atoms with Gasteiger partial charge in [0.2, 0.25) is 5.91 Å². The van der Waals surface area contributed by atoms with E-state index in [4.69, 9.17) is 0 Å². The molecule has 0 spiro atoms. The Labute approximate surface area is 168 Å². The fourth-order valence-electron chi connectivity index (χ4n) is 5.10. The average Bonchev–Trinajstić information content (AvgIpc) is 3.32. The van der Waals surface area contributed by atoms with E-state index < -0.39 is 5.82 Å². The van der Waals surface area contributed by atoms with Crippen LogP contribution in [0.15, 0.2) is 55.0 Å². The summed E-state index contributed by atoms with van der Waals surface area (Å²) >= 11 is 0. The molecule has 5 nitrogen and oxygen atoms in total. The Bertz CT molecular complexity index is 1070. The molecule has 3 saturated carbocycles. The molecular weight excluding hydrogens is 367 g/mol. The number of fused-ring (bicyclic) bond motifs is 1. The lowest BCUT2D eigenvalue weighted by atomic mass is 9.58. The molecule has 0 saturated heterocycles. The molecule has 2 aromatic heterocycles. The molecule has 0 radical (unpaired) electrons. The van der Waals surface area contributed by atoms with E-state index in [0.717, 1.165) is 48.5 Å². The molecular formula is C23H21FN4O. The molecule has 29 heavy (non-hydrogen) atoms. The lowest BCUT2D eigenvalue weighted by molar-refractivity contribution is -0.127. The van der Waals surface area contributed by atoms with Gasteiger partial charge in [0.25, 0.3) is 0 Å². The topological polar surface area (TPSA) is 67.8 Å². The smallest absolute Gasteiger partial charge is 0.228 e. The first-order valence-corrected chi connectivity index (χ1v) is 9.88. The maximum Gasteiger partial charge on any atom is 0.228 e. The zero-order valence-corrected chi connectivity index (χ0v) is 16.1. The summed E-state index contributed by atoms with van der Waals surface area (Å²) in [6, 6.07) is 11.6. The molecule has 3 aliphatic carbocycles. The number of carbonyl (C=O) groups excluding carboxylic acids is 1. The van der Waals surface area contributed by atoms with E-state index in [2.05, 4.69) is 20.3 Å². The molecule has 1 unspecified atom stereocenters. The van der Waals surface area contributed by atoms with Crippen molar-refractivity contribution in [3.63, 3.8) is 0 Å². The number of halogens is 1. The van der Waals surface area contributed by atoms with Crippen molar-refractivity contribution < 1.29 is 9.18 Å². The first kappa shape index (κ1) is 17.9.